The highest BCUT2D eigenvalue weighted by molar-refractivity contribution is 7.99. The second-order valence-electron chi connectivity index (χ2n) is 7.39. The molecule has 30 heavy (non-hydrogen) atoms. The number of carbonyl (C=O) groups is 1. The monoisotopic (exact) mass is 413 g/mol. The van der Waals surface area contributed by atoms with Crippen molar-refractivity contribution in [1.82, 2.24) is 10.2 Å². The third-order valence-corrected chi connectivity index (χ3v) is 6.37. The molecule has 1 fully saturated rings. The number of hydrogen-bond donors (Lipinski definition) is 1. The maximum absolute atomic E-state index is 13.0. The van der Waals surface area contributed by atoms with E-state index in [0.717, 1.165) is 35.8 Å². The summed E-state index contributed by atoms with van der Waals surface area (Å²) >= 11 is 1.46. The molecule has 0 saturated carbocycles. The van der Waals surface area contributed by atoms with Crippen LogP contribution in [0.5, 0.6) is 0 Å². The van der Waals surface area contributed by atoms with Crippen molar-refractivity contribution in [2.24, 2.45) is 0 Å². The van der Waals surface area contributed by atoms with Crippen LogP contribution in [0.1, 0.15) is 27.9 Å². The Morgan fingerprint density at radius 1 is 1.00 bits per heavy atom. The van der Waals surface area contributed by atoms with Gasteiger partial charge in [-0.3, -0.25) is 9.69 Å². The molecule has 3 aromatic rings. The van der Waals surface area contributed by atoms with Crippen molar-refractivity contribution in [2.45, 2.75) is 28.8 Å². The molecule has 0 unspecified atom stereocenters. The third-order valence-electron chi connectivity index (χ3n) is 5.22. The van der Waals surface area contributed by atoms with E-state index in [1.165, 1.54) is 17.3 Å². The minimum atomic E-state index is -0.0564. The molecule has 5 heteroatoms. The average molecular weight is 414 g/mol. The van der Waals surface area contributed by atoms with Gasteiger partial charge in [0.25, 0.3) is 5.91 Å². The Morgan fingerprint density at radius 3 is 2.50 bits per heavy atom. The second-order valence-corrected chi connectivity index (χ2v) is 8.47. The van der Waals surface area contributed by atoms with Crippen molar-refractivity contribution in [1.29, 1.82) is 5.26 Å². The molecule has 1 N–H and O–H groups in total. The lowest BCUT2D eigenvalue weighted by molar-refractivity contribution is 0.0934. The van der Waals surface area contributed by atoms with Gasteiger partial charge in [0.05, 0.1) is 11.1 Å². The van der Waals surface area contributed by atoms with Crippen LogP contribution in [0.3, 0.4) is 0 Å². The lowest BCUT2D eigenvalue weighted by Crippen LogP contribution is -2.37. The van der Waals surface area contributed by atoms with Crippen LogP contribution in [0, 0.1) is 11.3 Å². The van der Waals surface area contributed by atoms with Gasteiger partial charge in [-0.25, -0.2) is 0 Å². The van der Waals surface area contributed by atoms with E-state index >= 15 is 0 Å². The summed E-state index contributed by atoms with van der Waals surface area (Å²) in [6, 6.07) is 27.8. The number of hydrogen-bond acceptors (Lipinski definition) is 4. The second kappa shape index (κ2) is 9.62. The fourth-order valence-corrected chi connectivity index (χ4v) is 4.73. The molecular formula is C25H23N3OS. The number of nitriles is 1. The highest BCUT2D eigenvalue weighted by Gasteiger charge is 2.25. The number of nitrogens with one attached hydrogen (secondary N) is 1. The number of nitrogens with zero attached hydrogens (tertiary/aromatic N) is 2. The molecule has 0 aliphatic carbocycles. The molecule has 1 saturated heterocycles. The van der Waals surface area contributed by atoms with Gasteiger partial charge >= 0.3 is 0 Å². The number of rotatable bonds is 6. The fraction of sp³-hybridized carbons (Fsp3) is 0.200. The van der Waals surface area contributed by atoms with Crippen molar-refractivity contribution in [3.8, 4) is 6.07 Å². The first-order valence-electron chi connectivity index (χ1n) is 10.1. The van der Waals surface area contributed by atoms with E-state index in [4.69, 9.17) is 0 Å². The topological polar surface area (TPSA) is 56.1 Å². The summed E-state index contributed by atoms with van der Waals surface area (Å²) in [7, 11) is 0. The van der Waals surface area contributed by atoms with Crippen LogP contribution in [-0.4, -0.2) is 29.9 Å². The zero-order valence-corrected chi connectivity index (χ0v) is 17.4. The van der Waals surface area contributed by atoms with Crippen LogP contribution in [0.25, 0.3) is 0 Å². The smallest absolute Gasteiger partial charge is 0.252 e. The molecule has 1 aliphatic heterocycles. The Hall–Kier alpha value is -3.07. The number of benzene rings is 3. The third kappa shape index (κ3) is 4.91. The summed E-state index contributed by atoms with van der Waals surface area (Å²) < 4.78 is 0. The largest absolute Gasteiger partial charge is 0.348 e. The van der Waals surface area contributed by atoms with Crippen molar-refractivity contribution < 1.29 is 4.79 Å². The zero-order valence-electron chi connectivity index (χ0n) is 16.6. The van der Waals surface area contributed by atoms with Gasteiger partial charge in [-0.05, 0) is 36.2 Å². The SMILES string of the molecule is N#Cc1ccccc1Sc1ccccc1C(=O)N[C@@H]1CCN(Cc2ccccc2)C1. The van der Waals surface area contributed by atoms with Gasteiger partial charge in [0.15, 0.2) is 0 Å². The standard InChI is InChI=1S/C25H23N3OS/c26-16-20-10-4-6-12-23(20)30-24-13-7-5-11-22(24)25(29)27-21-14-15-28(18-21)17-19-8-2-1-3-9-19/h1-13,21H,14-15,17-18H2,(H,27,29)/t21-/m1/s1. The number of carbonyl (C=O) groups excluding carboxylic acids is 1. The highest BCUT2D eigenvalue weighted by Crippen LogP contribution is 2.32. The maximum Gasteiger partial charge on any atom is 0.252 e. The Labute approximate surface area is 181 Å². The minimum absolute atomic E-state index is 0.0564. The molecule has 0 aromatic heterocycles. The molecule has 1 amide bonds. The maximum atomic E-state index is 13.0. The quantitative estimate of drug-likeness (QED) is 0.636. The van der Waals surface area contributed by atoms with Crippen molar-refractivity contribution in [3.63, 3.8) is 0 Å². The van der Waals surface area contributed by atoms with E-state index in [0.29, 0.717) is 11.1 Å². The Balaban J connectivity index is 1.41. The summed E-state index contributed by atoms with van der Waals surface area (Å²) in [5, 5.41) is 12.6. The number of likely N-dealkylation sites (tertiary alicyclic amines) is 1. The molecule has 0 spiro atoms. The number of amides is 1. The van der Waals surface area contributed by atoms with Crippen LogP contribution >= 0.6 is 11.8 Å². The predicted molar refractivity (Wildman–Crippen MR) is 119 cm³/mol. The summed E-state index contributed by atoms with van der Waals surface area (Å²) in [4.78, 5) is 17.1. The lowest BCUT2D eigenvalue weighted by Gasteiger charge is -2.17. The first kappa shape index (κ1) is 20.2. The van der Waals surface area contributed by atoms with Gasteiger partial charge in [0.2, 0.25) is 0 Å². The molecule has 0 radical (unpaired) electrons. The van der Waals surface area contributed by atoms with Crippen LogP contribution in [-0.2, 0) is 6.54 Å². The van der Waals surface area contributed by atoms with E-state index in [9.17, 15) is 10.1 Å². The van der Waals surface area contributed by atoms with Gasteiger partial charge in [-0.2, -0.15) is 5.26 Å². The van der Waals surface area contributed by atoms with Crippen LogP contribution in [0.2, 0.25) is 0 Å². The van der Waals surface area contributed by atoms with E-state index in [1.807, 2.05) is 48.5 Å². The van der Waals surface area contributed by atoms with Crippen LogP contribution in [0.4, 0.5) is 0 Å². The van der Waals surface area contributed by atoms with Gasteiger partial charge in [-0.15, -0.1) is 0 Å². The Morgan fingerprint density at radius 2 is 1.70 bits per heavy atom. The normalized spacial score (nSPS) is 16.2. The molecule has 1 aliphatic rings. The summed E-state index contributed by atoms with van der Waals surface area (Å²) in [6.45, 7) is 2.74. The molecule has 1 atom stereocenters. The molecule has 4 rings (SSSR count). The molecule has 3 aromatic carbocycles. The zero-order chi connectivity index (χ0) is 20.8. The molecule has 0 bridgehead atoms. The predicted octanol–water partition coefficient (Wildman–Crippen LogP) is 4.71. The summed E-state index contributed by atoms with van der Waals surface area (Å²) in [5.74, 6) is -0.0564. The molecule has 4 nitrogen and oxygen atoms in total. The van der Waals surface area contributed by atoms with Crippen molar-refractivity contribution in [3.05, 3.63) is 95.6 Å². The minimum Gasteiger partial charge on any atom is -0.348 e. The molecule has 150 valence electrons. The van der Waals surface area contributed by atoms with E-state index in [-0.39, 0.29) is 11.9 Å². The van der Waals surface area contributed by atoms with Gasteiger partial charge in [0.1, 0.15) is 6.07 Å². The van der Waals surface area contributed by atoms with E-state index in [2.05, 4.69) is 40.6 Å². The van der Waals surface area contributed by atoms with Gasteiger partial charge in [0, 0.05) is 35.5 Å². The van der Waals surface area contributed by atoms with E-state index in [1.54, 1.807) is 6.07 Å². The molecule has 1 heterocycles. The van der Waals surface area contributed by atoms with Gasteiger partial charge in [-0.1, -0.05) is 66.4 Å². The van der Waals surface area contributed by atoms with Crippen molar-refractivity contribution >= 4 is 17.7 Å². The van der Waals surface area contributed by atoms with Crippen LogP contribution < -0.4 is 5.32 Å². The van der Waals surface area contributed by atoms with E-state index < -0.39 is 0 Å². The Kier molecular flexibility index (Phi) is 6.48. The van der Waals surface area contributed by atoms with Crippen LogP contribution in [0.15, 0.2) is 88.7 Å². The first-order valence-corrected chi connectivity index (χ1v) is 10.9. The first-order chi connectivity index (χ1) is 14.7. The van der Waals surface area contributed by atoms with Gasteiger partial charge < -0.3 is 5.32 Å². The Bertz CT molecular complexity index is 1060. The summed E-state index contributed by atoms with van der Waals surface area (Å²) in [6.07, 6.45) is 0.950. The fourth-order valence-electron chi connectivity index (χ4n) is 3.71. The molecular weight excluding hydrogens is 390 g/mol. The van der Waals surface area contributed by atoms with Crippen molar-refractivity contribution in [2.75, 3.05) is 13.1 Å². The highest BCUT2D eigenvalue weighted by atomic mass is 32.2. The summed E-state index contributed by atoms with van der Waals surface area (Å²) in [5.41, 5.74) is 2.56. The lowest BCUT2D eigenvalue weighted by atomic mass is 10.2. The average Bonchev–Trinajstić information content (AvgIpc) is 3.21.